The quantitative estimate of drug-likeness (QED) is 0.523. The van der Waals surface area contributed by atoms with Crippen LogP contribution in [-0.2, 0) is 17.6 Å². The largest absolute Gasteiger partial charge is 0.378 e. The smallest absolute Gasteiger partial charge is 0.181 e. The molecule has 7 nitrogen and oxygen atoms in total. The molecule has 126 valence electrons. The molecule has 1 aliphatic carbocycles. The molecule has 1 fully saturated rings. The van der Waals surface area contributed by atoms with E-state index in [9.17, 15) is 0 Å². The molecule has 0 spiro atoms. The van der Waals surface area contributed by atoms with Crippen LogP contribution in [0.15, 0.2) is 12.7 Å². The van der Waals surface area contributed by atoms with Crippen molar-refractivity contribution in [1.29, 1.82) is 0 Å². The zero-order valence-electron chi connectivity index (χ0n) is 13.6. The summed E-state index contributed by atoms with van der Waals surface area (Å²) in [6, 6.07) is 0. The van der Waals surface area contributed by atoms with Gasteiger partial charge in [0.05, 0.1) is 18.7 Å². The molecule has 1 saturated heterocycles. The van der Waals surface area contributed by atoms with E-state index >= 15 is 0 Å². The maximum atomic E-state index is 5.52. The molecule has 2 aliphatic rings. The van der Waals surface area contributed by atoms with Gasteiger partial charge in [-0.25, -0.2) is 9.97 Å². The Bertz CT molecular complexity index is 1130. The first kappa shape index (κ1) is 13.9. The number of hydrogen-bond acceptors (Lipinski definition) is 7. The highest BCUT2D eigenvalue weighted by Crippen LogP contribution is 2.42. The van der Waals surface area contributed by atoms with Crippen molar-refractivity contribution in [3.05, 3.63) is 23.8 Å². The summed E-state index contributed by atoms with van der Waals surface area (Å²) in [5.74, 6) is 1.16. The Morgan fingerprint density at radius 1 is 1.08 bits per heavy atom. The van der Waals surface area contributed by atoms with Gasteiger partial charge in [0.1, 0.15) is 28.0 Å². The van der Waals surface area contributed by atoms with Gasteiger partial charge in [0.15, 0.2) is 5.65 Å². The lowest BCUT2D eigenvalue weighted by molar-refractivity contribution is 0.122. The normalized spacial score (nSPS) is 17.8. The molecule has 0 saturated carbocycles. The second-order valence-corrected chi connectivity index (χ2v) is 7.61. The summed E-state index contributed by atoms with van der Waals surface area (Å²) in [6.45, 7) is 3.40. The average molecular weight is 352 g/mol. The highest BCUT2D eigenvalue weighted by atomic mass is 32.1. The number of aromatic nitrogens is 5. The molecule has 0 aromatic carbocycles. The second-order valence-electron chi connectivity index (χ2n) is 6.61. The van der Waals surface area contributed by atoms with E-state index in [1.54, 1.807) is 24.0 Å². The fourth-order valence-corrected chi connectivity index (χ4v) is 5.25. The van der Waals surface area contributed by atoms with Gasteiger partial charge in [-0.2, -0.15) is 0 Å². The molecule has 0 N–H and O–H groups in total. The van der Waals surface area contributed by atoms with Gasteiger partial charge in [0.2, 0.25) is 0 Å². The number of pyridine rings is 1. The maximum Gasteiger partial charge on any atom is 0.181 e. The number of fused-ring (bicyclic) bond motifs is 7. The third-order valence-corrected chi connectivity index (χ3v) is 6.33. The highest BCUT2D eigenvalue weighted by molar-refractivity contribution is 7.26. The van der Waals surface area contributed by atoms with Crippen LogP contribution >= 0.6 is 11.3 Å². The molecular weight excluding hydrogens is 336 g/mol. The van der Waals surface area contributed by atoms with Crippen molar-refractivity contribution >= 4 is 43.2 Å². The first-order valence-corrected chi connectivity index (χ1v) is 9.47. The van der Waals surface area contributed by atoms with E-state index in [-0.39, 0.29) is 0 Å². The van der Waals surface area contributed by atoms with Gasteiger partial charge >= 0.3 is 0 Å². The van der Waals surface area contributed by atoms with Crippen LogP contribution in [0.5, 0.6) is 0 Å². The fraction of sp³-hybridized carbons (Fsp3) is 0.412. The molecule has 6 rings (SSSR count). The van der Waals surface area contributed by atoms with Crippen molar-refractivity contribution in [1.82, 2.24) is 24.6 Å². The van der Waals surface area contributed by atoms with Crippen molar-refractivity contribution < 1.29 is 4.74 Å². The van der Waals surface area contributed by atoms with E-state index in [2.05, 4.69) is 15.1 Å². The Hall–Kier alpha value is -2.32. The summed E-state index contributed by atoms with van der Waals surface area (Å²) in [4.78, 5) is 13.3. The lowest BCUT2D eigenvalue weighted by Gasteiger charge is -2.29. The molecule has 4 aromatic rings. The van der Waals surface area contributed by atoms with Gasteiger partial charge in [0.25, 0.3) is 0 Å². The molecule has 0 unspecified atom stereocenters. The van der Waals surface area contributed by atoms with Crippen molar-refractivity contribution in [3.8, 4) is 0 Å². The summed E-state index contributed by atoms with van der Waals surface area (Å²) in [6.07, 6.45) is 6.91. The van der Waals surface area contributed by atoms with Crippen LogP contribution in [0, 0.1) is 0 Å². The predicted octanol–water partition coefficient (Wildman–Crippen LogP) is 2.21. The van der Waals surface area contributed by atoms with Crippen molar-refractivity contribution in [2.75, 3.05) is 31.2 Å². The minimum absolute atomic E-state index is 0.781. The third kappa shape index (κ3) is 1.89. The zero-order chi connectivity index (χ0) is 16.4. The minimum Gasteiger partial charge on any atom is -0.378 e. The van der Waals surface area contributed by atoms with E-state index in [0.29, 0.717) is 0 Å². The molecule has 8 heteroatoms. The lowest BCUT2D eigenvalue weighted by atomic mass is 10.1. The monoisotopic (exact) mass is 352 g/mol. The number of rotatable bonds is 1. The number of morpholine rings is 1. The number of hydrogen-bond donors (Lipinski definition) is 0. The number of anilines is 1. The molecule has 1 aliphatic heterocycles. The Morgan fingerprint density at radius 3 is 2.88 bits per heavy atom. The van der Waals surface area contributed by atoms with Crippen LogP contribution in [0.3, 0.4) is 0 Å². The van der Waals surface area contributed by atoms with Crippen LogP contribution in [-0.4, -0.2) is 50.9 Å². The summed E-state index contributed by atoms with van der Waals surface area (Å²) in [5, 5.41) is 9.53. The summed E-state index contributed by atoms with van der Waals surface area (Å²) >= 11 is 1.69. The Labute approximate surface area is 147 Å². The number of nitrogens with zero attached hydrogens (tertiary/aromatic N) is 6. The van der Waals surface area contributed by atoms with Gasteiger partial charge in [-0.05, 0) is 30.4 Å². The van der Waals surface area contributed by atoms with Crippen molar-refractivity contribution in [2.45, 2.75) is 19.3 Å². The molecule has 0 bridgehead atoms. The maximum absolute atomic E-state index is 5.52. The Kier molecular flexibility index (Phi) is 2.83. The average Bonchev–Trinajstić information content (AvgIpc) is 3.37. The SMILES string of the molecule is c1nnc2c3sc4nc(N5CCOCC5)c5c(c4c3ncn12)CCC5. The van der Waals surface area contributed by atoms with Crippen LogP contribution in [0.4, 0.5) is 5.82 Å². The van der Waals surface area contributed by atoms with Crippen LogP contribution in [0.25, 0.3) is 26.1 Å². The fourth-order valence-electron chi connectivity index (χ4n) is 4.11. The van der Waals surface area contributed by atoms with Crippen molar-refractivity contribution in [3.63, 3.8) is 0 Å². The van der Waals surface area contributed by atoms with Crippen LogP contribution in [0.2, 0.25) is 0 Å². The minimum atomic E-state index is 0.781. The van der Waals surface area contributed by atoms with Gasteiger partial charge in [-0.1, -0.05) is 0 Å². The molecule has 0 atom stereocenters. The summed E-state index contributed by atoms with van der Waals surface area (Å²) < 4.78 is 8.48. The molecule has 0 radical (unpaired) electrons. The number of ether oxygens (including phenoxy) is 1. The van der Waals surface area contributed by atoms with E-state index < -0.39 is 0 Å². The Balaban J connectivity index is 1.69. The summed E-state index contributed by atoms with van der Waals surface area (Å²) in [5.41, 5.74) is 4.75. The van der Waals surface area contributed by atoms with Gasteiger partial charge in [-0.3, -0.25) is 4.40 Å². The zero-order valence-corrected chi connectivity index (χ0v) is 14.4. The predicted molar refractivity (Wildman–Crippen MR) is 96.5 cm³/mol. The Morgan fingerprint density at radius 2 is 1.96 bits per heavy atom. The van der Waals surface area contributed by atoms with Gasteiger partial charge < -0.3 is 9.64 Å². The molecule has 4 aromatic heterocycles. The van der Waals surface area contributed by atoms with Gasteiger partial charge in [-0.15, -0.1) is 21.5 Å². The van der Waals surface area contributed by atoms with Crippen molar-refractivity contribution in [2.24, 2.45) is 0 Å². The van der Waals surface area contributed by atoms with E-state index in [4.69, 9.17) is 14.7 Å². The topological polar surface area (TPSA) is 68.4 Å². The number of aryl methyl sites for hydroxylation is 1. The highest BCUT2D eigenvalue weighted by Gasteiger charge is 2.27. The second kappa shape index (κ2) is 5.09. The third-order valence-electron chi connectivity index (χ3n) is 5.26. The lowest BCUT2D eigenvalue weighted by Crippen LogP contribution is -2.37. The van der Waals surface area contributed by atoms with Gasteiger partial charge in [0, 0.05) is 18.5 Å². The summed E-state index contributed by atoms with van der Waals surface area (Å²) in [7, 11) is 0. The van der Waals surface area contributed by atoms with E-state index in [1.165, 1.54) is 22.9 Å². The molecule has 0 amide bonds. The van der Waals surface area contributed by atoms with E-state index in [0.717, 1.165) is 65.7 Å². The first-order valence-electron chi connectivity index (χ1n) is 8.65. The van der Waals surface area contributed by atoms with E-state index in [1.807, 2.05) is 4.40 Å². The standard InChI is InChI=1S/C17H16N6OS/c1-2-10-11(3-1)15(22-4-6-24-7-5-22)20-17-12(10)13-14(25-17)16-21-19-9-23(16)8-18-13/h8-9H,1-7H2. The molecule has 5 heterocycles. The molecule has 25 heavy (non-hydrogen) atoms. The van der Waals surface area contributed by atoms with Crippen LogP contribution < -0.4 is 4.90 Å². The first-order chi connectivity index (χ1) is 12.4. The van der Waals surface area contributed by atoms with Crippen LogP contribution in [0.1, 0.15) is 17.5 Å². The molecular formula is C17H16N6OS. The number of thiophene rings is 1.